The third-order valence-corrected chi connectivity index (χ3v) is 7.16. The van der Waals surface area contributed by atoms with E-state index in [-0.39, 0.29) is 35.6 Å². The molecule has 1 aromatic heterocycles. The van der Waals surface area contributed by atoms with Gasteiger partial charge >= 0.3 is 12.7 Å². The van der Waals surface area contributed by atoms with Crippen LogP contribution in [0.3, 0.4) is 0 Å². The molecule has 1 aliphatic carbocycles. The maximum absolute atomic E-state index is 13.3. The second-order valence-electron chi connectivity index (χ2n) is 10.2. The Bertz CT molecular complexity index is 1330. The molecule has 13 heteroatoms. The summed E-state index contributed by atoms with van der Waals surface area (Å²) in [6.07, 6.45) is -6.45. The summed E-state index contributed by atoms with van der Waals surface area (Å²) in [7, 11) is 1.74. The van der Waals surface area contributed by atoms with Crippen LogP contribution in [-0.4, -0.2) is 57.6 Å². The molecule has 0 spiro atoms. The van der Waals surface area contributed by atoms with E-state index < -0.39 is 12.7 Å². The molecule has 0 radical (unpaired) electrons. The largest absolute Gasteiger partial charge is 0.573 e. The molecule has 40 heavy (non-hydrogen) atoms. The third kappa shape index (κ3) is 7.06. The Kier molecular flexibility index (Phi) is 7.42. The number of aromatic nitrogens is 2. The minimum Gasteiger partial charge on any atom is -0.406 e. The number of nitrogens with zero attached hydrogens (tertiary/aromatic N) is 4. The first-order chi connectivity index (χ1) is 18.8. The first-order valence-electron chi connectivity index (χ1n) is 12.5. The summed E-state index contributed by atoms with van der Waals surface area (Å²) in [5, 5.41) is 0. The van der Waals surface area contributed by atoms with Gasteiger partial charge in [0, 0.05) is 46.0 Å². The van der Waals surface area contributed by atoms with E-state index in [2.05, 4.69) is 19.4 Å². The molecule has 214 valence electrons. The molecular formula is C27H26F6N4O3. The van der Waals surface area contributed by atoms with E-state index in [0.717, 1.165) is 18.7 Å². The van der Waals surface area contributed by atoms with Gasteiger partial charge in [0.05, 0.1) is 6.33 Å². The molecule has 0 N–H and O–H groups in total. The van der Waals surface area contributed by atoms with E-state index in [4.69, 9.17) is 0 Å². The van der Waals surface area contributed by atoms with Crippen LogP contribution in [0.5, 0.6) is 11.5 Å². The number of carbonyl (C=O) groups is 1. The van der Waals surface area contributed by atoms with Crippen molar-refractivity contribution < 1.29 is 40.6 Å². The van der Waals surface area contributed by atoms with Gasteiger partial charge in [-0.3, -0.25) is 9.69 Å². The van der Waals surface area contributed by atoms with Crippen LogP contribution in [-0.2, 0) is 20.1 Å². The van der Waals surface area contributed by atoms with Gasteiger partial charge in [-0.2, -0.15) is 0 Å². The highest BCUT2D eigenvalue weighted by Gasteiger charge is 2.56. The van der Waals surface area contributed by atoms with Gasteiger partial charge in [-0.1, -0.05) is 24.3 Å². The molecule has 1 amide bonds. The van der Waals surface area contributed by atoms with Gasteiger partial charge in [0.15, 0.2) is 0 Å². The standard InChI is InChI=1S/C27H26F6N4O3/c1-35-15-24(34-16-35)25(38)37(11-18-3-2-4-20(9-18)40-27(31,32)33)14-23-21-12-36(13-22(21)23)10-17-5-7-19(8-6-17)39-26(28,29)30/h2-9,15-16,21-23H,10-14H2,1H3. The molecule has 2 fully saturated rings. The normalized spacial score (nSPS) is 20.7. The van der Waals surface area contributed by atoms with Gasteiger partial charge in [0.25, 0.3) is 5.91 Å². The van der Waals surface area contributed by atoms with Crippen LogP contribution in [0.1, 0.15) is 21.6 Å². The summed E-state index contributed by atoms with van der Waals surface area (Å²) in [5.41, 5.74) is 1.60. The van der Waals surface area contributed by atoms with Crippen LogP contribution >= 0.6 is 0 Å². The van der Waals surface area contributed by atoms with Crippen molar-refractivity contribution in [3.8, 4) is 11.5 Å². The van der Waals surface area contributed by atoms with Crippen LogP contribution in [0, 0.1) is 17.8 Å². The summed E-state index contributed by atoms with van der Waals surface area (Å²) in [6, 6.07) is 11.4. The highest BCUT2D eigenvalue weighted by atomic mass is 19.4. The Balaban J connectivity index is 1.21. The lowest BCUT2D eigenvalue weighted by molar-refractivity contribution is -0.275. The van der Waals surface area contributed by atoms with Gasteiger partial charge < -0.3 is 18.9 Å². The number of carbonyl (C=O) groups excluding carboxylic acids is 1. The number of rotatable bonds is 9. The maximum atomic E-state index is 13.3. The number of halogens is 6. The van der Waals surface area contributed by atoms with Crippen LogP contribution in [0.4, 0.5) is 26.3 Å². The SMILES string of the molecule is Cn1cnc(C(=O)N(Cc2cccc(OC(F)(F)F)c2)CC2C3CN(Cc4ccc(OC(F)(F)F)cc4)CC32)c1. The van der Waals surface area contributed by atoms with Crippen LogP contribution in [0.2, 0.25) is 0 Å². The van der Waals surface area contributed by atoms with Crippen LogP contribution in [0.15, 0.2) is 61.1 Å². The van der Waals surface area contributed by atoms with E-state index in [1.807, 2.05) is 0 Å². The molecular weight excluding hydrogens is 542 g/mol. The fourth-order valence-electron chi connectivity index (χ4n) is 5.41. The highest BCUT2D eigenvalue weighted by molar-refractivity contribution is 5.92. The Hall–Kier alpha value is -3.74. The van der Waals surface area contributed by atoms with Crippen molar-refractivity contribution in [2.45, 2.75) is 25.8 Å². The zero-order valence-corrected chi connectivity index (χ0v) is 21.3. The zero-order valence-electron chi connectivity index (χ0n) is 21.3. The van der Waals surface area contributed by atoms with E-state index in [0.29, 0.717) is 30.5 Å². The van der Waals surface area contributed by atoms with Crippen molar-refractivity contribution in [2.24, 2.45) is 24.8 Å². The van der Waals surface area contributed by atoms with Crippen molar-refractivity contribution >= 4 is 5.91 Å². The monoisotopic (exact) mass is 568 g/mol. The molecule has 7 nitrogen and oxygen atoms in total. The molecule has 2 aliphatic rings. The lowest BCUT2D eigenvalue weighted by atomic mass is 10.1. The lowest BCUT2D eigenvalue weighted by Gasteiger charge is -2.25. The lowest BCUT2D eigenvalue weighted by Crippen LogP contribution is -2.35. The van der Waals surface area contributed by atoms with Gasteiger partial charge in [0.1, 0.15) is 17.2 Å². The topological polar surface area (TPSA) is 59.8 Å². The van der Waals surface area contributed by atoms with Gasteiger partial charge in [-0.05, 0) is 53.1 Å². The molecule has 2 atom stereocenters. The maximum Gasteiger partial charge on any atom is 0.573 e. The molecule has 2 unspecified atom stereocenters. The zero-order chi connectivity index (χ0) is 28.7. The number of hydrogen-bond acceptors (Lipinski definition) is 5. The van der Waals surface area contributed by atoms with Gasteiger partial charge in [-0.15, -0.1) is 26.3 Å². The quantitative estimate of drug-likeness (QED) is 0.331. The van der Waals surface area contributed by atoms with Crippen molar-refractivity contribution in [2.75, 3.05) is 19.6 Å². The fourth-order valence-corrected chi connectivity index (χ4v) is 5.41. The van der Waals surface area contributed by atoms with Gasteiger partial charge in [-0.25, -0.2) is 4.98 Å². The van der Waals surface area contributed by atoms with E-state index in [9.17, 15) is 31.1 Å². The summed E-state index contributed by atoms with van der Waals surface area (Å²) in [4.78, 5) is 21.3. The molecule has 2 heterocycles. The number of piperidine rings is 1. The number of aryl methyl sites for hydroxylation is 1. The number of benzene rings is 2. The number of fused-ring (bicyclic) bond motifs is 1. The molecule has 2 aromatic carbocycles. The Morgan fingerprint density at radius 3 is 2.20 bits per heavy atom. The first kappa shape index (κ1) is 27.8. The smallest absolute Gasteiger partial charge is 0.406 e. The number of imidazole rings is 1. The predicted molar refractivity (Wildman–Crippen MR) is 130 cm³/mol. The Labute approximate surface area is 225 Å². The highest BCUT2D eigenvalue weighted by Crippen LogP contribution is 2.52. The fraction of sp³-hybridized carbons (Fsp3) is 0.407. The number of ether oxygens (including phenoxy) is 2. The summed E-state index contributed by atoms with van der Waals surface area (Å²) in [6.45, 7) is 2.64. The molecule has 0 bridgehead atoms. The Morgan fingerprint density at radius 1 is 0.950 bits per heavy atom. The van der Waals surface area contributed by atoms with Crippen molar-refractivity contribution in [1.29, 1.82) is 0 Å². The average molecular weight is 569 g/mol. The van der Waals surface area contributed by atoms with Crippen LogP contribution in [0.25, 0.3) is 0 Å². The number of amides is 1. The molecule has 1 saturated carbocycles. The van der Waals surface area contributed by atoms with Crippen molar-refractivity contribution in [1.82, 2.24) is 19.4 Å². The second-order valence-corrected chi connectivity index (χ2v) is 10.2. The van der Waals surface area contributed by atoms with E-state index in [1.54, 1.807) is 40.9 Å². The number of hydrogen-bond donors (Lipinski definition) is 0. The van der Waals surface area contributed by atoms with Crippen molar-refractivity contribution in [3.63, 3.8) is 0 Å². The number of alkyl halides is 6. The van der Waals surface area contributed by atoms with E-state index in [1.165, 1.54) is 36.7 Å². The average Bonchev–Trinajstić information content (AvgIpc) is 3.17. The third-order valence-electron chi connectivity index (χ3n) is 7.16. The molecule has 3 aromatic rings. The first-order valence-corrected chi connectivity index (χ1v) is 12.5. The summed E-state index contributed by atoms with van der Waals surface area (Å²) >= 11 is 0. The minimum absolute atomic E-state index is 0.0937. The predicted octanol–water partition coefficient (Wildman–Crippen LogP) is 5.24. The Morgan fingerprint density at radius 2 is 1.60 bits per heavy atom. The van der Waals surface area contributed by atoms with Gasteiger partial charge in [0.2, 0.25) is 0 Å². The summed E-state index contributed by atoms with van der Waals surface area (Å²) < 4.78 is 84.8. The van der Waals surface area contributed by atoms with Crippen LogP contribution < -0.4 is 9.47 Å². The van der Waals surface area contributed by atoms with E-state index >= 15 is 0 Å². The summed E-state index contributed by atoms with van der Waals surface area (Å²) in [5.74, 6) is -0.0359. The second kappa shape index (κ2) is 10.7. The molecule has 5 rings (SSSR count). The number of likely N-dealkylation sites (tertiary alicyclic amines) is 1. The molecule has 1 aliphatic heterocycles. The van der Waals surface area contributed by atoms with Crippen molar-refractivity contribution in [3.05, 3.63) is 77.9 Å². The minimum atomic E-state index is -4.82. The molecule has 1 saturated heterocycles.